The number of aryl methyl sites for hydroxylation is 1. The molecule has 3 heterocycles. The molecule has 110 valence electrons. The van der Waals surface area contributed by atoms with Crippen LogP contribution < -0.4 is 10.6 Å². The molecule has 0 unspecified atom stereocenters. The average molecular weight is 285 g/mol. The van der Waals surface area contributed by atoms with E-state index in [-0.39, 0.29) is 5.91 Å². The minimum absolute atomic E-state index is 0.0939. The SMILES string of the molecule is Cn1cccc1C(=O)N1CCN(c2ccnc(N)c2)CC1. The number of carbonyl (C=O) groups is 1. The van der Waals surface area contributed by atoms with Gasteiger partial charge in [-0.1, -0.05) is 0 Å². The molecule has 0 aromatic carbocycles. The maximum Gasteiger partial charge on any atom is 0.270 e. The van der Waals surface area contributed by atoms with Crippen molar-refractivity contribution in [1.82, 2.24) is 14.5 Å². The van der Waals surface area contributed by atoms with E-state index in [0.29, 0.717) is 18.9 Å². The minimum atomic E-state index is 0.0939. The normalized spacial score (nSPS) is 15.3. The number of nitrogens with zero attached hydrogens (tertiary/aromatic N) is 4. The summed E-state index contributed by atoms with van der Waals surface area (Å²) in [6, 6.07) is 7.57. The van der Waals surface area contributed by atoms with Gasteiger partial charge in [-0.05, 0) is 18.2 Å². The summed E-state index contributed by atoms with van der Waals surface area (Å²) in [7, 11) is 1.89. The van der Waals surface area contributed by atoms with Crippen LogP contribution in [0, 0.1) is 0 Å². The molecule has 2 aromatic heterocycles. The predicted octanol–water partition coefficient (Wildman–Crippen LogP) is 0.965. The second-order valence-corrected chi connectivity index (χ2v) is 5.22. The number of nitrogens with two attached hydrogens (primary N) is 1. The Bertz CT molecular complexity index is 643. The zero-order valence-corrected chi connectivity index (χ0v) is 12.1. The van der Waals surface area contributed by atoms with E-state index in [1.54, 1.807) is 6.20 Å². The third-order valence-electron chi connectivity index (χ3n) is 3.86. The van der Waals surface area contributed by atoms with Gasteiger partial charge < -0.3 is 20.1 Å². The molecule has 1 aliphatic rings. The third-order valence-corrected chi connectivity index (χ3v) is 3.86. The molecule has 0 bridgehead atoms. The van der Waals surface area contributed by atoms with Gasteiger partial charge in [0.2, 0.25) is 0 Å². The number of aromatic nitrogens is 2. The van der Waals surface area contributed by atoms with Crippen molar-refractivity contribution >= 4 is 17.4 Å². The summed E-state index contributed by atoms with van der Waals surface area (Å²) in [5.41, 5.74) is 7.51. The Balaban J connectivity index is 1.65. The molecule has 2 N–H and O–H groups in total. The molecule has 1 amide bonds. The van der Waals surface area contributed by atoms with Crippen LogP contribution in [0.1, 0.15) is 10.5 Å². The first-order valence-electron chi connectivity index (χ1n) is 7.02. The summed E-state index contributed by atoms with van der Waals surface area (Å²) in [6.07, 6.45) is 3.61. The van der Waals surface area contributed by atoms with Crippen molar-refractivity contribution in [2.75, 3.05) is 36.8 Å². The molecule has 0 radical (unpaired) electrons. The van der Waals surface area contributed by atoms with Crippen LogP contribution in [0.25, 0.3) is 0 Å². The molecule has 0 atom stereocenters. The maximum atomic E-state index is 12.4. The summed E-state index contributed by atoms with van der Waals surface area (Å²) in [5, 5.41) is 0. The van der Waals surface area contributed by atoms with Gasteiger partial charge in [-0.25, -0.2) is 4.98 Å². The van der Waals surface area contributed by atoms with Gasteiger partial charge in [-0.2, -0.15) is 0 Å². The Morgan fingerprint density at radius 1 is 1.24 bits per heavy atom. The summed E-state index contributed by atoms with van der Waals surface area (Å²) >= 11 is 0. The number of anilines is 2. The number of pyridine rings is 1. The van der Waals surface area contributed by atoms with Gasteiger partial charge in [0.15, 0.2) is 0 Å². The lowest BCUT2D eigenvalue weighted by Gasteiger charge is -2.36. The van der Waals surface area contributed by atoms with Crippen LogP contribution in [-0.4, -0.2) is 46.5 Å². The predicted molar refractivity (Wildman–Crippen MR) is 82.2 cm³/mol. The molecule has 0 saturated carbocycles. The Morgan fingerprint density at radius 3 is 2.62 bits per heavy atom. The van der Waals surface area contributed by atoms with E-state index in [0.717, 1.165) is 24.5 Å². The van der Waals surface area contributed by atoms with Crippen LogP contribution in [0.4, 0.5) is 11.5 Å². The second kappa shape index (κ2) is 5.47. The number of rotatable bonds is 2. The maximum absolute atomic E-state index is 12.4. The molecule has 21 heavy (non-hydrogen) atoms. The van der Waals surface area contributed by atoms with E-state index in [4.69, 9.17) is 5.73 Å². The van der Waals surface area contributed by atoms with E-state index in [1.807, 2.05) is 47.0 Å². The average Bonchev–Trinajstić information content (AvgIpc) is 2.93. The molecule has 1 saturated heterocycles. The van der Waals surface area contributed by atoms with E-state index in [1.165, 1.54) is 0 Å². The van der Waals surface area contributed by atoms with Crippen LogP contribution in [0.15, 0.2) is 36.7 Å². The standard InChI is InChI=1S/C15H19N5O/c1-18-6-2-3-13(18)15(21)20-9-7-19(8-10-20)12-4-5-17-14(16)11-12/h2-6,11H,7-10H2,1H3,(H2,16,17). The zero-order chi connectivity index (χ0) is 14.8. The first-order chi connectivity index (χ1) is 10.1. The summed E-state index contributed by atoms with van der Waals surface area (Å²) in [6.45, 7) is 3.04. The fraction of sp³-hybridized carbons (Fsp3) is 0.333. The van der Waals surface area contributed by atoms with Crippen molar-refractivity contribution in [1.29, 1.82) is 0 Å². The third kappa shape index (κ3) is 2.69. The molecule has 6 heteroatoms. The Morgan fingerprint density at radius 2 is 2.00 bits per heavy atom. The summed E-state index contributed by atoms with van der Waals surface area (Å²) in [5.74, 6) is 0.617. The van der Waals surface area contributed by atoms with Crippen molar-refractivity contribution in [2.24, 2.45) is 7.05 Å². The molecule has 3 rings (SSSR count). The minimum Gasteiger partial charge on any atom is -0.384 e. The lowest BCUT2D eigenvalue weighted by Crippen LogP contribution is -2.49. The first-order valence-corrected chi connectivity index (χ1v) is 7.02. The lowest BCUT2D eigenvalue weighted by atomic mass is 10.2. The van der Waals surface area contributed by atoms with E-state index in [2.05, 4.69) is 9.88 Å². The Kier molecular flexibility index (Phi) is 3.51. The van der Waals surface area contributed by atoms with Crippen molar-refractivity contribution in [3.63, 3.8) is 0 Å². The topological polar surface area (TPSA) is 67.4 Å². The summed E-state index contributed by atoms with van der Waals surface area (Å²) < 4.78 is 1.86. The summed E-state index contributed by atoms with van der Waals surface area (Å²) in [4.78, 5) is 20.6. The molecule has 6 nitrogen and oxygen atoms in total. The van der Waals surface area contributed by atoms with Crippen molar-refractivity contribution in [3.05, 3.63) is 42.4 Å². The zero-order valence-electron chi connectivity index (χ0n) is 12.1. The molecule has 0 spiro atoms. The molecular formula is C15H19N5O. The molecule has 1 fully saturated rings. The molecule has 0 aliphatic carbocycles. The van der Waals surface area contributed by atoms with Crippen molar-refractivity contribution in [2.45, 2.75) is 0 Å². The van der Waals surface area contributed by atoms with Gasteiger partial charge in [-0.15, -0.1) is 0 Å². The number of hydrogen-bond acceptors (Lipinski definition) is 4. The highest BCUT2D eigenvalue weighted by Gasteiger charge is 2.23. The van der Waals surface area contributed by atoms with Crippen LogP contribution in [-0.2, 0) is 7.05 Å². The van der Waals surface area contributed by atoms with Gasteiger partial charge in [-0.3, -0.25) is 4.79 Å². The highest BCUT2D eigenvalue weighted by molar-refractivity contribution is 5.93. The largest absolute Gasteiger partial charge is 0.384 e. The van der Waals surface area contributed by atoms with Crippen LogP contribution in [0.5, 0.6) is 0 Å². The number of piperazine rings is 1. The highest BCUT2D eigenvalue weighted by atomic mass is 16.2. The smallest absolute Gasteiger partial charge is 0.270 e. The highest BCUT2D eigenvalue weighted by Crippen LogP contribution is 2.18. The number of hydrogen-bond donors (Lipinski definition) is 1. The van der Waals surface area contributed by atoms with Crippen LogP contribution >= 0.6 is 0 Å². The van der Waals surface area contributed by atoms with E-state index >= 15 is 0 Å². The fourth-order valence-electron chi connectivity index (χ4n) is 2.65. The Labute approximate surface area is 123 Å². The first kappa shape index (κ1) is 13.5. The molecular weight excluding hydrogens is 266 g/mol. The molecule has 1 aliphatic heterocycles. The van der Waals surface area contributed by atoms with Crippen LogP contribution in [0.2, 0.25) is 0 Å². The van der Waals surface area contributed by atoms with Gasteiger partial charge in [0.25, 0.3) is 5.91 Å². The van der Waals surface area contributed by atoms with Crippen molar-refractivity contribution < 1.29 is 4.79 Å². The number of amides is 1. The van der Waals surface area contributed by atoms with Gasteiger partial charge in [0.05, 0.1) is 0 Å². The van der Waals surface area contributed by atoms with E-state index < -0.39 is 0 Å². The van der Waals surface area contributed by atoms with Gasteiger partial charge >= 0.3 is 0 Å². The lowest BCUT2D eigenvalue weighted by molar-refractivity contribution is 0.0737. The van der Waals surface area contributed by atoms with Crippen LogP contribution in [0.3, 0.4) is 0 Å². The van der Waals surface area contributed by atoms with Crippen molar-refractivity contribution in [3.8, 4) is 0 Å². The van der Waals surface area contributed by atoms with Gasteiger partial charge in [0, 0.05) is 57.4 Å². The monoisotopic (exact) mass is 285 g/mol. The van der Waals surface area contributed by atoms with Gasteiger partial charge in [0.1, 0.15) is 11.5 Å². The fourth-order valence-corrected chi connectivity index (χ4v) is 2.65. The van der Waals surface area contributed by atoms with E-state index in [9.17, 15) is 4.79 Å². The number of nitrogen functional groups attached to an aromatic ring is 1. The quantitative estimate of drug-likeness (QED) is 0.892. The second-order valence-electron chi connectivity index (χ2n) is 5.22. The molecule has 2 aromatic rings. The Hall–Kier alpha value is -2.50. The number of carbonyl (C=O) groups excluding carboxylic acids is 1.